The number of amides is 1. The zero-order chi connectivity index (χ0) is 17.9. The summed E-state index contributed by atoms with van der Waals surface area (Å²) in [4.78, 5) is 25.4. The molecule has 0 radical (unpaired) electrons. The predicted molar refractivity (Wildman–Crippen MR) is 90.7 cm³/mol. The number of carbonyl (C=O) groups is 2. The summed E-state index contributed by atoms with van der Waals surface area (Å²) in [5.41, 5.74) is 0.629. The maximum atomic E-state index is 12.5. The number of hydrogen-bond acceptors (Lipinski definition) is 5. The molecule has 1 amide bonds. The van der Waals surface area contributed by atoms with Crippen molar-refractivity contribution in [3.63, 3.8) is 0 Å². The van der Waals surface area contributed by atoms with Crippen LogP contribution in [-0.2, 0) is 16.1 Å². The molecule has 1 aromatic carbocycles. The van der Waals surface area contributed by atoms with E-state index in [2.05, 4.69) is 10.2 Å². The molecule has 1 aliphatic heterocycles. The van der Waals surface area contributed by atoms with Gasteiger partial charge in [-0.05, 0) is 30.5 Å². The van der Waals surface area contributed by atoms with Gasteiger partial charge in [0, 0.05) is 19.6 Å². The molecule has 7 nitrogen and oxygen atoms in total. The van der Waals surface area contributed by atoms with Crippen LogP contribution >= 0.6 is 0 Å². The van der Waals surface area contributed by atoms with E-state index in [9.17, 15) is 9.59 Å². The lowest BCUT2D eigenvalue weighted by Crippen LogP contribution is -2.63. The maximum Gasteiger partial charge on any atom is 0.341 e. The first-order valence-corrected chi connectivity index (χ1v) is 8.60. The summed E-state index contributed by atoms with van der Waals surface area (Å²) in [7, 11) is 1.53. The Kier molecular flexibility index (Phi) is 5.13. The summed E-state index contributed by atoms with van der Waals surface area (Å²) >= 11 is 0. The average molecular weight is 348 g/mol. The quantitative estimate of drug-likeness (QED) is 0.808. The van der Waals surface area contributed by atoms with Crippen LogP contribution in [0.25, 0.3) is 0 Å². The summed E-state index contributed by atoms with van der Waals surface area (Å²) in [5, 5.41) is 11.8. The maximum absolute atomic E-state index is 12.5. The number of ether oxygens (including phenoxy) is 2. The fraction of sp³-hybridized carbons (Fsp3) is 0.556. The van der Waals surface area contributed by atoms with E-state index in [-0.39, 0.29) is 11.4 Å². The Bertz CT molecular complexity index is 655. The molecule has 1 aliphatic carbocycles. The minimum absolute atomic E-state index is 0.143. The number of carbonyl (C=O) groups excluding carboxylic acids is 1. The molecular formula is C18H24N2O5. The van der Waals surface area contributed by atoms with Crippen LogP contribution in [0.4, 0.5) is 0 Å². The Morgan fingerprint density at radius 1 is 1.32 bits per heavy atom. The highest BCUT2D eigenvalue weighted by Gasteiger charge is 2.47. The van der Waals surface area contributed by atoms with Gasteiger partial charge in [0.05, 0.1) is 7.11 Å². The molecule has 7 heteroatoms. The SMILES string of the molecule is COc1cc(CN2CCNC(=O)C23CCCC3)ccc1OCC(=O)O. The van der Waals surface area contributed by atoms with Crippen molar-refractivity contribution in [1.82, 2.24) is 10.2 Å². The predicted octanol–water partition coefficient (Wildman–Crippen LogP) is 1.40. The van der Waals surface area contributed by atoms with Crippen LogP contribution in [0, 0.1) is 0 Å². The largest absolute Gasteiger partial charge is 0.493 e. The van der Waals surface area contributed by atoms with Crippen LogP contribution in [0.1, 0.15) is 31.2 Å². The number of carboxylic acids is 1. The molecule has 0 atom stereocenters. The molecule has 1 saturated heterocycles. The van der Waals surface area contributed by atoms with Crippen LogP contribution in [0.2, 0.25) is 0 Å². The first-order valence-electron chi connectivity index (χ1n) is 8.60. The molecule has 1 saturated carbocycles. The van der Waals surface area contributed by atoms with Crippen molar-refractivity contribution >= 4 is 11.9 Å². The number of methoxy groups -OCH3 is 1. The van der Waals surface area contributed by atoms with Gasteiger partial charge in [0.25, 0.3) is 0 Å². The summed E-state index contributed by atoms with van der Waals surface area (Å²) < 4.78 is 10.6. The number of hydrogen-bond donors (Lipinski definition) is 2. The lowest BCUT2D eigenvalue weighted by Gasteiger charge is -2.43. The second-order valence-electron chi connectivity index (χ2n) is 6.58. The second-order valence-corrected chi connectivity index (χ2v) is 6.58. The van der Waals surface area contributed by atoms with E-state index in [1.54, 1.807) is 6.07 Å². The molecular weight excluding hydrogens is 324 g/mol. The van der Waals surface area contributed by atoms with E-state index >= 15 is 0 Å². The third kappa shape index (κ3) is 3.56. The van der Waals surface area contributed by atoms with Crippen LogP contribution < -0.4 is 14.8 Å². The average Bonchev–Trinajstić information content (AvgIpc) is 3.08. The van der Waals surface area contributed by atoms with Gasteiger partial charge in [-0.2, -0.15) is 0 Å². The Morgan fingerprint density at radius 3 is 2.76 bits per heavy atom. The van der Waals surface area contributed by atoms with Gasteiger partial charge in [-0.1, -0.05) is 18.9 Å². The van der Waals surface area contributed by atoms with Gasteiger partial charge in [-0.15, -0.1) is 0 Å². The standard InChI is InChI=1S/C18H24N2O5/c1-24-15-10-13(4-5-14(15)25-12-16(21)22)11-20-9-8-19-17(23)18(20)6-2-3-7-18/h4-5,10H,2-3,6-9,11-12H2,1H3,(H,19,23)(H,21,22). The monoisotopic (exact) mass is 348 g/mol. The zero-order valence-electron chi connectivity index (χ0n) is 14.4. The van der Waals surface area contributed by atoms with Crippen molar-refractivity contribution in [1.29, 1.82) is 0 Å². The van der Waals surface area contributed by atoms with Gasteiger partial charge in [0.1, 0.15) is 5.54 Å². The van der Waals surface area contributed by atoms with Gasteiger partial charge >= 0.3 is 5.97 Å². The molecule has 1 heterocycles. The van der Waals surface area contributed by atoms with Gasteiger partial charge in [-0.3, -0.25) is 9.69 Å². The molecule has 0 unspecified atom stereocenters. The number of piperazine rings is 1. The van der Waals surface area contributed by atoms with E-state index < -0.39 is 12.6 Å². The molecule has 2 N–H and O–H groups in total. The Labute approximate surface area is 146 Å². The number of carboxylic acid groups (broad SMARTS) is 1. The van der Waals surface area contributed by atoms with Crippen molar-refractivity contribution < 1.29 is 24.2 Å². The Morgan fingerprint density at radius 2 is 2.08 bits per heavy atom. The van der Waals surface area contributed by atoms with E-state index in [1.165, 1.54) is 7.11 Å². The summed E-state index contributed by atoms with van der Waals surface area (Å²) in [5.74, 6) is 0.0135. The van der Waals surface area contributed by atoms with Gasteiger partial charge in [-0.25, -0.2) is 4.79 Å². The summed E-state index contributed by atoms with van der Waals surface area (Å²) in [6, 6.07) is 5.48. The summed E-state index contributed by atoms with van der Waals surface area (Å²) in [6.45, 7) is 1.73. The van der Waals surface area contributed by atoms with E-state index in [4.69, 9.17) is 14.6 Å². The second kappa shape index (κ2) is 7.31. The van der Waals surface area contributed by atoms with E-state index in [0.717, 1.165) is 37.8 Å². The third-order valence-corrected chi connectivity index (χ3v) is 5.08. The number of nitrogens with zero attached hydrogens (tertiary/aromatic N) is 1. The molecule has 2 aliphatic rings. The summed E-state index contributed by atoms with van der Waals surface area (Å²) in [6.07, 6.45) is 3.95. The molecule has 3 rings (SSSR count). The van der Waals surface area contributed by atoms with Crippen molar-refractivity contribution in [3.8, 4) is 11.5 Å². The van der Waals surface area contributed by atoms with Crippen molar-refractivity contribution in [2.45, 2.75) is 37.8 Å². The normalized spacial score (nSPS) is 19.6. The molecule has 1 spiro atoms. The highest BCUT2D eigenvalue weighted by Crippen LogP contribution is 2.38. The Hall–Kier alpha value is -2.28. The van der Waals surface area contributed by atoms with E-state index in [0.29, 0.717) is 24.6 Å². The van der Waals surface area contributed by atoms with E-state index in [1.807, 2.05) is 12.1 Å². The fourth-order valence-corrected chi connectivity index (χ4v) is 3.85. The topological polar surface area (TPSA) is 88.1 Å². The third-order valence-electron chi connectivity index (χ3n) is 5.08. The molecule has 136 valence electrons. The van der Waals surface area contributed by atoms with Gasteiger partial charge < -0.3 is 19.9 Å². The molecule has 25 heavy (non-hydrogen) atoms. The lowest BCUT2D eigenvalue weighted by atomic mass is 9.91. The van der Waals surface area contributed by atoms with Crippen LogP contribution in [0.15, 0.2) is 18.2 Å². The number of benzene rings is 1. The van der Waals surface area contributed by atoms with Gasteiger partial charge in [0.15, 0.2) is 18.1 Å². The highest BCUT2D eigenvalue weighted by molar-refractivity contribution is 5.87. The number of aliphatic carboxylic acids is 1. The first-order chi connectivity index (χ1) is 12.0. The molecule has 1 aromatic rings. The van der Waals surface area contributed by atoms with Crippen molar-refractivity contribution in [2.24, 2.45) is 0 Å². The molecule has 2 fully saturated rings. The number of nitrogens with one attached hydrogen (secondary N) is 1. The van der Waals surface area contributed by atoms with Gasteiger partial charge in [0.2, 0.25) is 5.91 Å². The van der Waals surface area contributed by atoms with Crippen LogP contribution in [0.5, 0.6) is 11.5 Å². The fourth-order valence-electron chi connectivity index (χ4n) is 3.85. The van der Waals surface area contributed by atoms with Crippen LogP contribution in [0.3, 0.4) is 0 Å². The van der Waals surface area contributed by atoms with Crippen molar-refractivity contribution in [3.05, 3.63) is 23.8 Å². The highest BCUT2D eigenvalue weighted by atomic mass is 16.5. The minimum atomic E-state index is -1.03. The Balaban J connectivity index is 1.77. The van der Waals surface area contributed by atoms with Crippen molar-refractivity contribution in [2.75, 3.05) is 26.8 Å². The first kappa shape index (κ1) is 17.5. The number of rotatable bonds is 6. The van der Waals surface area contributed by atoms with Crippen LogP contribution in [-0.4, -0.2) is 54.2 Å². The minimum Gasteiger partial charge on any atom is -0.493 e. The smallest absolute Gasteiger partial charge is 0.341 e. The molecule has 0 bridgehead atoms. The zero-order valence-corrected chi connectivity index (χ0v) is 14.4. The molecule has 0 aromatic heterocycles. The lowest BCUT2D eigenvalue weighted by molar-refractivity contribution is -0.139.